The summed E-state index contributed by atoms with van der Waals surface area (Å²) in [7, 11) is 1.49. The number of hydrogen-bond acceptors (Lipinski definition) is 3. The molecule has 2 rings (SSSR count). The van der Waals surface area contributed by atoms with E-state index in [4.69, 9.17) is 4.74 Å². The number of halogens is 3. The number of methoxy groups -OCH3 is 1. The van der Waals surface area contributed by atoms with Crippen LogP contribution in [0.2, 0.25) is 0 Å². The fourth-order valence-corrected chi connectivity index (χ4v) is 2.51. The van der Waals surface area contributed by atoms with Crippen LogP contribution in [0.1, 0.15) is 23.6 Å². The molecule has 0 aliphatic carbocycles. The summed E-state index contributed by atoms with van der Waals surface area (Å²) in [6.45, 7) is 3.44. The van der Waals surface area contributed by atoms with Gasteiger partial charge < -0.3 is 20.5 Å². The minimum absolute atomic E-state index is 0.0886. The number of rotatable bonds is 7. The molecule has 0 radical (unpaired) electrons. The van der Waals surface area contributed by atoms with Crippen LogP contribution in [0, 0.1) is 0 Å². The van der Waals surface area contributed by atoms with E-state index in [2.05, 4.69) is 15.6 Å². The average Bonchev–Trinajstić information content (AvgIpc) is 2.67. The zero-order valence-electron chi connectivity index (χ0n) is 15.8. The number of aliphatic imine (C=N–C) groups is 1. The maximum Gasteiger partial charge on any atom is 0.416 e. The normalized spacial score (nSPS) is 12.0. The van der Waals surface area contributed by atoms with Gasteiger partial charge in [-0.2, -0.15) is 13.2 Å². The van der Waals surface area contributed by atoms with E-state index in [1.54, 1.807) is 12.1 Å². The van der Waals surface area contributed by atoms with Crippen LogP contribution in [-0.4, -0.2) is 31.3 Å². The van der Waals surface area contributed by atoms with Crippen molar-refractivity contribution >= 4 is 5.96 Å². The molecule has 8 heteroatoms. The first-order chi connectivity index (χ1) is 13.3. The predicted molar refractivity (Wildman–Crippen MR) is 103 cm³/mol. The van der Waals surface area contributed by atoms with Gasteiger partial charge in [-0.1, -0.05) is 18.2 Å². The molecule has 0 fully saturated rings. The summed E-state index contributed by atoms with van der Waals surface area (Å²) in [6.07, 6.45) is -3.66. The number of guanidine groups is 1. The van der Waals surface area contributed by atoms with Crippen molar-refractivity contribution < 1.29 is 23.0 Å². The number of alkyl halides is 3. The standard InChI is InChI=1S/C20H24F3N3O2/c1-3-24-19(25-11-10-14-6-9-17(27)18(12-14)28-2)26-13-15-4-7-16(8-5-15)20(21,22)23/h4-9,12,27H,3,10-11,13H2,1-2H3,(H2,24,25,26). The van der Waals surface area contributed by atoms with Crippen LogP contribution >= 0.6 is 0 Å². The molecule has 0 heterocycles. The van der Waals surface area contributed by atoms with Crippen LogP contribution in [0.3, 0.4) is 0 Å². The van der Waals surface area contributed by atoms with Gasteiger partial charge in [0.1, 0.15) is 0 Å². The van der Waals surface area contributed by atoms with Gasteiger partial charge in [0.05, 0.1) is 19.2 Å². The van der Waals surface area contributed by atoms with Crippen molar-refractivity contribution in [2.75, 3.05) is 20.2 Å². The molecule has 5 nitrogen and oxygen atoms in total. The average molecular weight is 395 g/mol. The van der Waals surface area contributed by atoms with Crippen molar-refractivity contribution in [2.24, 2.45) is 4.99 Å². The van der Waals surface area contributed by atoms with Gasteiger partial charge in [-0.15, -0.1) is 0 Å². The van der Waals surface area contributed by atoms with Crippen LogP contribution in [0.5, 0.6) is 11.5 Å². The Hall–Kier alpha value is -2.90. The molecule has 0 aromatic heterocycles. The van der Waals surface area contributed by atoms with Crippen molar-refractivity contribution in [1.29, 1.82) is 0 Å². The molecule has 0 aliphatic heterocycles. The van der Waals surface area contributed by atoms with E-state index in [0.29, 0.717) is 36.8 Å². The second-order valence-corrected chi connectivity index (χ2v) is 6.07. The van der Waals surface area contributed by atoms with Gasteiger partial charge in [0.25, 0.3) is 0 Å². The predicted octanol–water partition coefficient (Wildman–Crippen LogP) is 3.72. The van der Waals surface area contributed by atoms with Gasteiger partial charge in [0, 0.05) is 13.1 Å². The van der Waals surface area contributed by atoms with E-state index in [-0.39, 0.29) is 12.3 Å². The highest BCUT2D eigenvalue weighted by Crippen LogP contribution is 2.29. The highest BCUT2D eigenvalue weighted by molar-refractivity contribution is 5.79. The molecule has 2 aromatic carbocycles. The Morgan fingerprint density at radius 2 is 1.75 bits per heavy atom. The molecule has 152 valence electrons. The molecule has 0 saturated carbocycles. The number of nitrogens with one attached hydrogen (secondary N) is 2. The van der Waals surface area contributed by atoms with E-state index in [9.17, 15) is 18.3 Å². The van der Waals surface area contributed by atoms with Gasteiger partial charge in [-0.25, -0.2) is 4.99 Å². The largest absolute Gasteiger partial charge is 0.504 e. The number of phenolic OH excluding ortho intramolecular Hbond substituents is 1. The lowest BCUT2D eigenvalue weighted by Gasteiger charge is -2.12. The minimum atomic E-state index is -4.34. The summed E-state index contributed by atoms with van der Waals surface area (Å²) in [5.41, 5.74) is 1.00. The Morgan fingerprint density at radius 3 is 2.36 bits per heavy atom. The number of phenols is 1. The van der Waals surface area contributed by atoms with Crippen LogP contribution in [0.25, 0.3) is 0 Å². The highest BCUT2D eigenvalue weighted by atomic mass is 19.4. The molecule has 0 saturated heterocycles. The number of aromatic hydroxyl groups is 1. The Bertz CT molecular complexity index is 790. The number of hydrogen-bond donors (Lipinski definition) is 3. The highest BCUT2D eigenvalue weighted by Gasteiger charge is 2.29. The molecule has 0 unspecified atom stereocenters. The monoisotopic (exact) mass is 395 g/mol. The molecule has 0 spiro atoms. The zero-order valence-corrected chi connectivity index (χ0v) is 15.8. The van der Waals surface area contributed by atoms with Gasteiger partial charge in [-0.05, 0) is 48.7 Å². The lowest BCUT2D eigenvalue weighted by molar-refractivity contribution is -0.137. The lowest BCUT2D eigenvalue weighted by Crippen LogP contribution is -2.38. The molecule has 2 aromatic rings. The lowest BCUT2D eigenvalue weighted by atomic mass is 10.1. The smallest absolute Gasteiger partial charge is 0.416 e. The summed E-state index contributed by atoms with van der Waals surface area (Å²) < 4.78 is 42.9. The van der Waals surface area contributed by atoms with Crippen molar-refractivity contribution in [3.05, 3.63) is 59.2 Å². The van der Waals surface area contributed by atoms with Crippen LogP contribution in [-0.2, 0) is 19.1 Å². The number of ether oxygens (including phenoxy) is 1. The van der Waals surface area contributed by atoms with E-state index in [1.807, 2.05) is 13.0 Å². The maximum atomic E-state index is 12.6. The SMILES string of the molecule is CCNC(=NCc1ccc(C(F)(F)F)cc1)NCCc1ccc(O)c(OC)c1. The maximum absolute atomic E-state index is 12.6. The fraction of sp³-hybridized carbons (Fsp3) is 0.350. The molecular formula is C20H24F3N3O2. The molecule has 0 bridgehead atoms. The summed E-state index contributed by atoms with van der Waals surface area (Å²) in [5.74, 6) is 1.08. The summed E-state index contributed by atoms with van der Waals surface area (Å²) in [5, 5.41) is 15.9. The van der Waals surface area contributed by atoms with Gasteiger partial charge >= 0.3 is 6.18 Å². The van der Waals surface area contributed by atoms with E-state index >= 15 is 0 Å². The van der Waals surface area contributed by atoms with Crippen LogP contribution in [0.4, 0.5) is 13.2 Å². The first kappa shape index (κ1) is 21.4. The zero-order chi connectivity index (χ0) is 20.6. The Labute approximate surface area is 162 Å². The van der Waals surface area contributed by atoms with Crippen LogP contribution < -0.4 is 15.4 Å². The van der Waals surface area contributed by atoms with Crippen molar-refractivity contribution in [3.63, 3.8) is 0 Å². The molecular weight excluding hydrogens is 371 g/mol. The second-order valence-electron chi connectivity index (χ2n) is 6.07. The third kappa shape index (κ3) is 6.37. The number of benzene rings is 2. The quantitative estimate of drug-likeness (QED) is 0.494. The summed E-state index contributed by atoms with van der Waals surface area (Å²) >= 11 is 0. The van der Waals surface area contributed by atoms with Gasteiger partial charge in [0.2, 0.25) is 0 Å². The molecule has 28 heavy (non-hydrogen) atoms. The fourth-order valence-electron chi connectivity index (χ4n) is 2.51. The minimum Gasteiger partial charge on any atom is -0.504 e. The first-order valence-electron chi connectivity index (χ1n) is 8.87. The van der Waals surface area contributed by atoms with E-state index < -0.39 is 11.7 Å². The second kappa shape index (κ2) is 9.87. The van der Waals surface area contributed by atoms with Gasteiger partial charge in [0.15, 0.2) is 17.5 Å². The van der Waals surface area contributed by atoms with E-state index in [0.717, 1.165) is 17.7 Å². The van der Waals surface area contributed by atoms with Gasteiger partial charge in [-0.3, -0.25) is 0 Å². The van der Waals surface area contributed by atoms with E-state index in [1.165, 1.54) is 19.2 Å². The first-order valence-corrected chi connectivity index (χ1v) is 8.87. The Balaban J connectivity index is 1.93. The molecule has 0 amide bonds. The Morgan fingerprint density at radius 1 is 1.07 bits per heavy atom. The third-order valence-electron chi connectivity index (χ3n) is 4.00. The molecule has 3 N–H and O–H groups in total. The summed E-state index contributed by atoms with van der Waals surface area (Å²) in [4.78, 5) is 4.40. The van der Waals surface area contributed by atoms with Crippen molar-refractivity contribution in [3.8, 4) is 11.5 Å². The topological polar surface area (TPSA) is 65.9 Å². The van der Waals surface area contributed by atoms with Crippen molar-refractivity contribution in [1.82, 2.24) is 10.6 Å². The Kier molecular flexibility index (Phi) is 7.54. The van der Waals surface area contributed by atoms with Crippen LogP contribution in [0.15, 0.2) is 47.5 Å². The summed E-state index contributed by atoms with van der Waals surface area (Å²) in [6, 6.07) is 10.1. The third-order valence-corrected chi connectivity index (χ3v) is 4.00. The number of nitrogens with zero attached hydrogens (tertiary/aromatic N) is 1. The molecule has 0 atom stereocenters. The van der Waals surface area contributed by atoms with Crippen molar-refractivity contribution in [2.45, 2.75) is 26.1 Å². The molecule has 0 aliphatic rings.